The zero-order valence-corrected chi connectivity index (χ0v) is 17.4. The SMILES string of the molecule is COc1ccc(Cl)cc1-c1nnc(SCC(=O)c2cc([N+](=O)[O-])ccc2Br)o1. The van der Waals surface area contributed by atoms with E-state index in [0.717, 1.165) is 11.8 Å². The van der Waals surface area contributed by atoms with E-state index in [2.05, 4.69) is 26.1 Å². The number of thioether (sulfide) groups is 1. The van der Waals surface area contributed by atoms with Crippen LogP contribution in [0, 0.1) is 10.1 Å². The van der Waals surface area contributed by atoms with Gasteiger partial charge in [0.15, 0.2) is 5.78 Å². The number of nitrogens with zero attached hydrogens (tertiary/aromatic N) is 3. The number of ether oxygens (including phenoxy) is 1. The number of benzene rings is 2. The highest BCUT2D eigenvalue weighted by Gasteiger charge is 2.18. The van der Waals surface area contributed by atoms with Gasteiger partial charge in [0.1, 0.15) is 5.75 Å². The second-order valence-corrected chi connectivity index (χ2v) is 7.57. The van der Waals surface area contributed by atoms with Gasteiger partial charge < -0.3 is 9.15 Å². The molecule has 0 fully saturated rings. The van der Waals surface area contributed by atoms with Gasteiger partial charge in [0.25, 0.3) is 16.8 Å². The Kier molecular flexibility index (Phi) is 6.32. The number of non-ortho nitro benzene ring substituents is 1. The van der Waals surface area contributed by atoms with Crippen molar-refractivity contribution in [3.8, 4) is 17.2 Å². The molecule has 0 N–H and O–H groups in total. The first-order valence-corrected chi connectivity index (χ1v) is 9.82. The minimum Gasteiger partial charge on any atom is -0.496 e. The lowest BCUT2D eigenvalue weighted by atomic mass is 10.1. The maximum atomic E-state index is 12.4. The number of hydrogen-bond acceptors (Lipinski definition) is 8. The van der Waals surface area contributed by atoms with Crippen LogP contribution >= 0.6 is 39.3 Å². The number of hydrogen-bond donors (Lipinski definition) is 0. The Balaban J connectivity index is 1.75. The summed E-state index contributed by atoms with van der Waals surface area (Å²) in [5.41, 5.74) is 0.574. The summed E-state index contributed by atoms with van der Waals surface area (Å²) >= 11 is 10.3. The van der Waals surface area contributed by atoms with Crippen molar-refractivity contribution >= 4 is 50.8 Å². The zero-order chi connectivity index (χ0) is 20.3. The summed E-state index contributed by atoms with van der Waals surface area (Å²) in [5, 5.41) is 19.4. The van der Waals surface area contributed by atoms with E-state index in [0.29, 0.717) is 20.8 Å². The van der Waals surface area contributed by atoms with E-state index in [1.54, 1.807) is 18.2 Å². The predicted molar refractivity (Wildman–Crippen MR) is 107 cm³/mol. The molecular formula is C17H11BrClN3O5S. The number of methoxy groups -OCH3 is 1. The summed E-state index contributed by atoms with van der Waals surface area (Å²) in [5.74, 6) is 0.362. The number of rotatable bonds is 7. The van der Waals surface area contributed by atoms with Crippen molar-refractivity contribution in [3.63, 3.8) is 0 Å². The Morgan fingerprint density at radius 3 is 2.82 bits per heavy atom. The van der Waals surface area contributed by atoms with Crippen molar-refractivity contribution in [2.45, 2.75) is 5.22 Å². The van der Waals surface area contributed by atoms with Crippen LogP contribution in [0.15, 0.2) is 50.5 Å². The molecule has 11 heteroatoms. The number of aromatic nitrogens is 2. The van der Waals surface area contributed by atoms with Gasteiger partial charge in [0.05, 0.1) is 23.3 Å². The molecule has 8 nitrogen and oxygen atoms in total. The van der Waals surface area contributed by atoms with Gasteiger partial charge in [-0.05, 0) is 24.3 Å². The summed E-state index contributed by atoms with van der Waals surface area (Å²) in [6.45, 7) is 0. The number of halogens is 2. The molecule has 0 spiro atoms. The number of carbonyl (C=O) groups excluding carboxylic acids is 1. The van der Waals surface area contributed by atoms with Crippen LogP contribution in [0.25, 0.3) is 11.5 Å². The third kappa shape index (κ3) is 4.51. The molecule has 0 unspecified atom stereocenters. The van der Waals surface area contributed by atoms with Gasteiger partial charge in [0, 0.05) is 27.2 Å². The molecule has 0 atom stereocenters. The zero-order valence-electron chi connectivity index (χ0n) is 14.2. The number of nitro benzene ring substituents is 1. The first-order valence-electron chi connectivity index (χ1n) is 7.66. The molecule has 0 saturated heterocycles. The van der Waals surface area contributed by atoms with Gasteiger partial charge in [-0.15, -0.1) is 10.2 Å². The predicted octanol–water partition coefficient (Wildman–Crippen LogP) is 5.04. The highest BCUT2D eigenvalue weighted by molar-refractivity contribution is 9.10. The lowest BCUT2D eigenvalue weighted by Crippen LogP contribution is -2.04. The lowest BCUT2D eigenvalue weighted by molar-refractivity contribution is -0.384. The summed E-state index contributed by atoms with van der Waals surface area (Å²) < 4.78 is 11.3. The van der Waals surface area contributed by atoms with Gasteiger partial charge >= 0.3 is 0 Å². The molecule has 1 heterocycles. The van der Waals surface area contributed by atoms with Crippen molar-refractivity contribution in [1.29, 1.82) is 0 Å². The van der Waals surface area contributed by atoms with Gasteiger partial charge in [-0.2, -0.15) is 0 Å². The van der Waals surface area contributed by atoms with Crippen molar-refractivity contribution in [2.24, 2.45) is 0 Å². The smallest absolute Gasteiger partial charge is 0.277 e. The van der Waals surface area contributed by atoms with Crippen LogP contribution in [-0.4, -0.2) is 33.8 Å². The van der Waals surface area contributed by atoms with Gasteiger partial charge in [-0.25, -0.2) is 0 Å². The molecule has 0 saturated carbocycles. The third-order valence-electron chi connectivity index (χ3n) is 3.59. The summed E-state index contributed by atoms with van der Waals surface area (Å²) in [6.07, 6.45) is 0. The fourth-order valence-electron chi connectivity index (χ4n) is 2.27. The van der Waals surface area contributed by atoms with E-state index < -0.39 is 4.92 Å². The largest absolute Gasteiger partial charge is 0.496 e. The van der Waals surface area contributed by atoms with E-state index >= 15 is 0 Å². The first-order chi connectivity index (χ1) is 13.4. The Labute approximate surface area is 176 Å². The fourth-order valence-corrected chi connectivity index (χ4v) is 3.56. The molecule has 28 heavy (non-hydrogen) atoms. The van der Waals surface area contributed by atoms with Crippen LogP contribution in [0.3, 0.4) is 0 Å². The van der Waals surface area contributed by atoms with E-state index in [9.17, 15) is 14.9 Å². The molecule has 0 aliphatic heterocycles. The quantitative estimate of drug-likeness (QED) is 0.198. The molecule has 0 radical (unpaired) electrons. The van der Waals surface area contributed by atoms with Crippen LogP contribution in [0.2, 0.25) is 5.02 Å². The Hall–Kier alpha value is -2.43. The van der Waals surface area contributed by atoms with Crippen molar-refractivity contribution in [3.05, 3.63) is 61.6 Å². The van der Waals surface area contributed by atoms with Crippen LogP contribution in [0.1, 0.15) is 10.4 Å². The minimum atomic E-state index is -0.557. The molecule has 3 rings (SSSR count). The summed E-state index contributed by atoms with van der Waals surface area (Å²) in [4.78, 5) is 22.8. The summed E-state index contributed by atoms with van der Waals surface area (Å²) in [6, 6.07) is 8.99. The monoisotopic (exact) mass is 483 g/mol. The highest BCUT2D eigenvalue weighted by Crippen LogP contribution is 2.33. The molecule has 0 aliphatic rings. The topological polar surface area (TPSA) is 108 Å². The molecule has 144 valence electrons. The van der Waals surface area contributed by atoms with E-state index in [1.807, 2.05) is 0 Å². The molecular weight excluding hydrogens is 474 g/mol. The molecule has 0 bridgehead atoms. The van der Waals surface area contributed by atoms with Crippen molar-refractivity contribution in [2.75, 3.05) is 12.9 Å². The molecule has 1 aromatic heterocycles. The third-order valence-corrected chi connectivity index (χ3v) is 5.33. The van der Waals surface area contributed by atoms with Crippen LogP contribution in [0.5, 0.6) is 5.75 Å². The highest BCUT2D eigenvalue weighted by atomic mass is 79.9. The standard InChI is InChI=1S/C17H11BrClN3O5S/c1-26-15-5-2-9(19)6-12(15)16-20-21-17(27-16)28-8-14(23)11-7-10(22(24)25)3-4-13(11)18/h2-7H,8H2,1H3. The Morgan fingerprint density at radius 2 is 2.11 bits per heavy atom. The second kappa shape index (κ2) is 8.72. The maximum Gasteiger partial charge on any atom is 0.277 e. The number of carbonyl (C=O) groups is 1. The molecule has 2 aromatic carbocycles. The van der Waals surface area contributed by atoms with Crippen LogP contribution in [0.4, 0.5) is 5.69 Å². The van der Waals surface area contributed by atoms with E-state index in [1.165, 1.54) is 25.3 Å². The van der Waals surface area contributed by atoms with E-state index in [-0.39, 0.29) is 33.9 Å². The van der Waals surface area contributed by atoms with Gasteiger partial charge in [0.2, 0.25) is 0 Å². The molecule has 0 aliphatic carbocycles. The van der Waals surface area contributed by atoms with Crippen molar-refractivity contribution in [1.82, 2.24) is 10.2 Å². The van der Waals surface area contributed by atoms with Crippen molar-refractivity contribution < 1.29 is 18.9 Å². The first kappa shape index (κ1) is 20.3. The summed E-state index contributed by atoms with van der Waals surface area (Å²) in [7, 11) is 1.51. The Bertz CT molecular complexity index is 1060. The van der Waals surface area contributed by atoms with Crippen LogP contribution in [-0.2, 0) is 0 Å². The second-order valence-electron chi connectivity index (χ2n) is 5.35. The normalized spacial score (nSPS) is 10.7. The minimum absolute atomic E-state index is 0.0336. The average Bonchev–Trinajstić information content (AvgIpc) is 3.15. The van der Waals surface area contributed by atoms with E-state index in [4.69, 9.17) is 20.8 Å². The number of ketones is 1. The fraction of sp³-hybridized carbons (Fsp3) is 0.118. The van der Waals surface area contributed by atoms with Gasteiger partial charge in [-0.3, -0.25) is 14.9 Å². The lowest BCUT2D eigenvalue weighted by Gasteiger charge is -2.04. The number of Topliss-reactive ketones (excluding diaryl/α,β-unsaturated/α-hetero) is 1. The molecule has 0 amide bonds. The van der Waals surface area contributed by atoms with Crippen LogP contribution < -0.4 is 4.74 Å². The molecule has 3 aromatic rings. The Morgan fingerprint density at radius 1 is 1.32 bits per heavy atom. The maximum absolute atomic E-state index is 12.4. The average molecular weight is 485 g/mol. The van der Waals surface area contributed by atoms with Gasteiger partial charge in [-0.1, -0.05) is 39.3 Å². The number of nitro groups is 1.